The minimum absolute atomic E-state index is 0.118. The molecule has 0 aliphatic heterocycles. The van der Waals surface area contributed by atoms with Crippen LogP contribution in [0.4, 0.5) is 4.39 Å². The standard InChI is InChI=1S/C16H19FN2O/c1-16(2,3)15-11-6-7-12(17)14(13(11)18-9-19-15)20-8-10-4-5-10/h6-7,9-10H,4-5,8H2,1-3H3. The first-order chi connectivity index (χ1) is 9.47. The van der Waals surface area contributed by atoms with E-state index in [1.165, 1.54) is 25.2 Å². The van der Waals surface area contributed by atoms with Gasteiger partial charge in [0.2, 0.25) is 0 Å². The van der Waals surface area contributed by atoms with Crippen molar-refractivity contribution in [3.8, 4) is 5.75 Å². The number of aromatic nitrogens is 2. The molecule has 0 bridgehead atoms. The molecule has 0 unspecified atom stereocenters. The van der Waals surface area contributed by atoms with Crippen molar-refractivity contribution in [2.24, 2.45) is 5.92 Å². The first-order valence-electron chi connectivity index (χ1n) is 7.03. The lowest BCUT2D eigenvalue weighted by Gasteiger charge is -2.20. The molecule has 0 amide bonds. The third-order valence-corrected chi connectivity index (χ3v) is 3.58. The molecule has 0 atom stereocenters. The zero-order chi connectivity index (χ0) is 14.3. The minimum atomic E-state index is -0.350. The molecule has 0 N–H and O–H groups in total. The van der Waals surface area contributed by atoms with Gasteiger partial charge in [-0.3, -0.25) is 0 Å². The third-order valence-electron chi connectivity index (χ3n) is 3.58. The van der Waals surface area contributed by atoms with Gasteiger partial charge >= 0.3 is 0 Å². The lowest BCUT2D eigenvalue weighted by atomic mass is 9.89. The maximum atomic E-state index is 14.0. The molecule has 3 rings (SSSR count). The van der Waals surface area contributed by atoms with E-state index in [0.717, 1.165) is 11.1 Å². The Kier molecular flexibility index (Phi) is 3.11. The van der Waals surface area contributed by atoms with Crippen molar-refractivity contribution in [2.75, 3.05) is 6.61 Å². The Bertz CT molecular complexity index is 645. The largest absolute Gasteiger partial charge is 0.488 e. The molecule has 1 aliphatic rings. The molecule has 2 aromatic rings. The summed E-state index contributed by atoms with van der Waals surface area (Å²) in [5.74, 6) is 0.493. The zero-order valence-electron chi connectivity index (χ0n) is 12.1. The van der Waals surface area contributed by atoms with Gasteiger partial charge in [0.25, 0.3) is 0 Å². The Morgan fingerprint density at radius 3 is 2.65 bits per heavy atom. The monoisotopic (exact) mass is 274 g/mol. The number of benzene rings is 1. The van der Waals surface area contributed by atoms with Crippen LogP contribution in [0, 0.1) is 11.7 Å². The predicted molar refractivity (Wildman–Crippen MR) is 76.4 cm³/mol. The smallest absolute Gasteiger partial charge is 0.181 e. The summed E-state index contributed by atoms with van der Waals surface area (Å²) in [4.78, 5) is 8.61. The molecule has 1 aliphatic carbocycles. The van der Waals surface area contributed by atoms with E-state index in [1.54, 1.807) is 6.07 Å². The molecule has 106 valence electrons. The summed E-state index contributed by atoms with van der Waals surface area (Å²) in [5.41, 5.74) is 1.37. The van der Waals surface area contributed by atoms with Gasteiger partial charge in [-0.25, -0.2) is 14.4 Å². The summed E-state index contributed by atoms with van der Waals surface area (Å²) in [7, 11) is 0. The van der Waals surface area contributed by atoms with Crippen LogP contribution in [0.1, 0.15) is 39.3 Å². The molecule has 1 aromatic carbocycles. The van der Waals surface area contributed by atoms with Gasteiger partial charge in [0.15, 0.2) is 11.6 Å². The van der Waals surface area contributed by atoms with Gasteiger partial charge in [-0.15, -0.1) is 0 Å². The molecule has 1 saturated carbocycles. The number of halogens is 1. The molecule has 0 saturated heterocycles. The predicted octanol–water partition coefficient (Wildman–Crippen LogP) is 3.86. The van der Waals surface area contributed by atoms with E-state index in [9.17, 15) is 4.39 Å². The lowest BCUT2D eigenvalue weighted by molar-refractivity contribution is 0.288. The van der Waals surface area contributed by atoms with Gasteiger partial charge in [-0.05, 0) is 30.9 Å². The normalized spacial score (nSPS) is 15.6. The fraction of sp³-hybridized carbons (Fsp3) is 0.500. The first kappa shape index (κ1) is 13.3. The van der Waals surface area contributed by atoms with Crippen LogP contribution in [0.15, 0.2) is 18.5 Å². The van der Waals surface area contributed by atoms with Crippen molar-refractivity contribution in [3.63, 3.8) is 0 Å². The molecule has 1 heterocycles. The van der Waals surface area contributed by atoms with Crippen molar-refractivity contribution >= 4 is 10.9 Å². The maximum absolute atomic E-state index is 14.0. The lowest BCUT2D eigenvalue weighted by Crippen LogP contribution is -2.15. The fourth-order valence-electron chi connectivity index (χ4n) is 2.30. The van der Waals surface area contributed by atoms with Crippen molar-refractivity contribution in [3.05, 3.63) is 30.0 Å². The Labute approximate surface area is 118 Å². The molecule has 4 heteroatoms. The van der Waals surface area contributed by atoms with Crippen molar-refractivity contribution in [2.45, 2.75) is 39.0 Å². The van der Waals surface area contributed by atoms with Gasteiger partial charge in [-0.1, -0.05) is 20.8 Å². The van der Waals surface area contributed by atoms with Crippen LogP contribution in [0.25, 0.3) is 10.9 Å². The highest BCUT2D eigenvalue weighted by Crippen LogP contribution is 2.35. The quantitative estimate of drug-likeness (QED) is 0.852. The number of fused-ring (bicyclic) bond motifs is 1. The number of ether oxygens (including phenoxy) is 1. The van der Waals surface area contributed by atoms with Crippen LogP contribution < -0.4 is 4.74 Å². The summed E-state index contributed by atoms with van der Waals surface area (Å²) in [6, 6.07) is 3.19. The molecule has 1 fully saturated rings. The van der Waals surface area contributed by atoms with E-state index in [1.807, 2.05) is 0 Å². The van der Waals surface area contributed by atoms with Crippen LogP contribution in [0.3, 0.4) is 0 Å². The minimum Gasteiger partial charge on any atom is -0.488 e. The van der Waals surface area contributed by atoms with Crippen LogP contribution in [0.5, 0.6) is 5.75 Å². The second kappa shape index (κ2) is 4.69. The van der Waals surface area contributed by atoms with Crippen LogP contribution in [-0.2, 0) is 5.41 Å². The van der Waals surface area contributed by atoms with Gasteiger partial charge in [0.05, 0.1) is 12.3 Å². The average Bonchev–Trinajstić information content (AvgIpc) is 3.19. The molecule has 0 radical (unpaired) electrons. The van der Waals surface area contributed by atoms with E-state index >= 15 is 0 Å². The highest BCUT2D eigenvalue weighted by atomic mass is 19.1. The van der Waals surface area contributed by atoms with Crippen LogP contribution in [0.2, 0.25) is 0 Å². The second-order valence-corrected chi connectivity index (χ2v) is 6.50. The van der Waals surface area contributed by atoms with E-state index in [2.05, 4.69) is 30.7 Å². The Morgan fingerprint density at radius 2 is 2.00 bits per heavy atom. The third kappa shape index (κ3) is 2.47. The molecular weight excluding hydrogens is 255 g/mol. The number of rotatable bonds is 3. The van der Waals surface area contributed by atoms with E-state index in [0.29, 0.717) is 18.0 Å². The van der Waals surface area contributed by atoms with Gasteiger partial charge in [0, 0.05) is 10.8 Å². The van der Waals surface area contributed by atoms with Crippen LogP contribution in [-0.4, -0.2) is 16.6 Å². The van der Waals surface area contributed by atoms with Crippen molar-refractivity contribution < 1.29 is 9.13 Å². The Balaban J connectivity index is 2.10. The molecular formula is C16H19FN2O. The summed E-state index contributed by atoms with van der Waals surface area (Å²) in [6.45, 7) is 6.83. The highest BCUT2D eigenvalue weighted by molar-refractivity contribution is 5.87. The van der Waals surface area contributed by atoms with Crippen molar-refractivity contribution in [1.82, 2.24) is 9.97 Å². The Hall–Kier alpha value is -1.71. The fourth-order valence-corrected chi connectivity index (χ4v) is 2.30. The highest BCUT2D eigenvalue weighted by Gasteiger charge is 2.25. The maximum Gasteiger partial charge on any atom is 0.181 e. The topological polar surface area (TPSA) is 35.0 Å². The Morgan fingerprint density at radius 1 is 1.25 bits per heavy atom. The summed E-state index contributed by atoms with van der Waals surface area (Å²) < 4.78 is 19.7. The van der Waals surface area contributed by atoms with Crippen LogP contribution >= 0.6 is 0 Å². The zero-order valence-corrected chi connectivity index (χ0v) is 12.1. The molecule has 20 heavy (non-hydrogen) atoms. The number of hydrogen-bond donors (Lipinski definition) is 0. The molecule has 0 spiro atoms. The summed E-state index contributed by atoms with van der Waals surface area (Å²) in [6.07, 6.45) is 3.84. The summed E-state index contributed by atoms with van der Waals surface area (Å²) in [5, 5.41) is 0.868. The number of hydrogen-bond acceptors (Lipinski definition) is 3. The second-order valence-electron chi connectivity index (χ2n) is 6.50. The van der Waals surface area contributed by atoms with Crippen molar-refractivity contribution in [1.29, 1.82) is 0 Å². The van der Waals surface area contributed by atoms with Gasteiger partial charge in [-0.2, -0.15) is 0 Å². The first-order valence-corrected chi connectivity index (χ1v) is 7.03. The molecule has 1 aromatic heterocycles. The van der Waals surface area contributed by atoms with E-state index < -0.39 is 0 Å². The summed E-state index contributed by atoms with van der Waals surface area (Å²) >= 11 is 0. The van der Waals surface area contributed by atoms with E-state index in [4.69, 9.17) is 4.74 Å². The average molecular weight is 274 g/mol. The number of nitrogens with zero attached hydrogens (tertiary/aromatic N) is 2. The van der Waals surface area contributed by atoms with Gasteiger partial charge in [0.1, 0.15) is 11.8 Å². The molecule has 3 nitrogen and oxygen atoms in total. The van der Waals surface area contributed by atoms with Gasteiger partial charge < -0.3 is 4.74 Å². The van der Waals surface area contributed by atoms with E-state index in [-0.39, 0.29) is 17.0 Å². The SMILES string of the molecule is CC(C)(C)c1ncnc2c(OCC3CC3)c(F)ccc12.